The molecule has 1 aliphatic heterocycles. The van der Waals surface area contributed by atoms with Crippen LogP contribution in [-0.2, 0) is 14.8 Å². The molecule has 0 aromatic rings. The molecular weight excluding hydrogens is 212 g/mol. The Bertz CT molecular complexity index is 335. The molecule has 0 aromatic carbocycles. The van der Waals surface area contributed by atoms with Crippen molar-refractivity contribution in [2.24, 2.45) is 11.1 Å². The third-order valence-corrected chi connectivity index (χ3v) is 3.59. The molecule has 1 amide bonds. The van der Waals surface area contributed by atoms with E-state index < -0.39 is 28.4 Å². The van der Waals surface area contributed by atoms with Gasteiger partial charge in [-0.25, -0.2) is 0 Å². The molecule has 1 radical (unpaired) electrons. The van der Waals surface area contributed by atoms with Crippen LogP contribution < -0.4 is 5.73 Å². The summed E-state index contributed by atoms with van der Waals surface area (Å²) in [6, 6.07) is 0. The van der Waals surface area contributed by atoms with Gasteiger partial charge in [-0.1, -0.05) is 0 Å². The number of primary amides is 1. The highest BCUT2D eigenvalue weighted by Crippen LogP contribution is 2.52. The number of hydroxylamine groups is 2. The lowest BCUT2D eigenvalue weighted by Crippen LogP contribution is -2.58. The van der Waals surface area contributed by atoms with E-state index in [-0.39, 0.29) is 6.42 Å². The van der Waals surface area contributed by atoms with Gasteiger partial charge in [0.2, 0.25) is 5.91 Å². The summed E-state index contributed by atoms with van der Waals surface area (Å²) >= 11 is 0. The first-order chi connectivity index (χ1) is 7.00. The normalized spacial score (nSPS) is 32.6. The van der Waals surface area contributed by atoms with Crippen LogP contribution in [0.3, 0.4) is 0 Å². The molecule has 1 atom stereocenters. The van der Waals surface area contributed by atoms with Crippen molar-refractivity contribution >= 4 is 11.9 Å². The summed E-state index contributed by atoms with van der Waals surface area (Å²) in [5, 5.41) is 21.9. The zero-order valence-electron chi connectivity index (χ0n) is 9.90. The van der Waals surface area contributed by atoms with Gasteiger partial charge in [0, 0.05) is 5.54 Å². The van der Waals surface area contributed by atoms with E-state index in [0.29, 0.717) is 5.06 Å². The van der Waals surface area contributed by atoms with E-state index in [2.05, 4.69) is 0 Å². The summed E-state index contributed by atoms with van der Waals surface area (Å²) in [5.74, 6) is -2.30. The van der Waals surface area contributed by atoms with Crippen molar-refractivity contribution in [1.29, 1.82) is 0 Å². The van der Waals surface area contributed by atoms with Gasteiger partial charge < -0.3 is 10.8 Å². The van der Waals surface area contributed by atoms with Gasteiger partial charge in [0.25, 0.3) is 0 Å². The van der Waals surface area contributed by atoms with E-state index in [9.17, 15) is 19.9 Å². The topological polar surface area (TPSA) is 104 Å². The van der Waals surface area contributed by atoms with Crippen LogP contribution in [0.2, 0.25) is 0 Å². The van der Waals surface area contributed by atoms with Gasteiger partial charge in [0.05, 0.1) is 5.54 Å². The van der Waals surface area contributed by atoms with Gasteiger partial charge in [-0.05, 0) is 34.1 Å². The van der Waals surface area contributed by atoms with Crippen LogP contribution in [0.5, 0.6) is 0 Å². The molecule has 0 spiro atoms. The number of rotatable bonds is 2. The largest absolute Gasteiger partial charge is 0.480 e. The molecule has 1 rings (SSSR count). The Hall–Kier alpha value is -1.14. The molecule has 3 N–H and O–H groups in total. The molecule has 0 bridgehead atoms. The van der Waals surface area contributed by atoms with Gasteiger partial charge >= 0.3 is 5.97 Å². The van der Waals surface area contributed by atoms with E-state index in [1.165, 1.54) is 13.8 Å². The van der Waals surface area contributed by atoms with Gasteiger partial charge in [0.15, 0.2) is 5.41 Å². The fourth-order valence-electron chi connectivity index (χ4n) is 2.70. The lowest BCUT2D eigenvalue weighted by Gasteiger charge is -2.37. The molecule has 1 unspecified atom stereocenters. The highest BCUT2D eigenvalue weighted by Gasteiger charge is 2.69. The predicted octanol–water partition coefficient (Wildman–Crippen LogP) is 0.151. The van der Waals surface area contributed by atoms with Crippen LogP contribution in [0.1, 0.15) is 34.1 Å². The lowest BCUT2D eigenvalue weighted by atomic mass is 9.70. The predicted molar refractivity (Wildman–Crippen MR) is 54.6 cm³/mol. The van der Waals surface area contributed by atoms with Crippen LogP contribution in [-0.4, -0.2) is 33.1 Å². The van der Waals surface area contributed by atoms with E-state index in [1.807, 2.05) is 0 Å². The Morgan fingerprint density at radius 1 is 1.25 bits per heavy atom. The summed E-state index contributed by atoms with van der Waals surface area (Å²) in [5.41, 5.74) is 1.10. The van der Waals surface area contributed by atoms with E-state index in [1.54, 1.807) is 13.8 Å². The Kier molecular flexibility index (Phi) is 2.57. The van der Waals surface area contributed by atoms with Crippen molar-refractivity contribution < 1.29 is 19.9 Å². The van der Waals surface area contributed by atoms with Crippen LogP contribution in [0, 0.1) is 5.41 Å². The quantitative estimate of drug-likeness (QED) is 0.658. The minimum atomic E-state index is -1.84. The third-order valence-electron chi connectivity index (χ3n) is 3.59. The fraction of sp³-hybridized carbons (Fsp3) is 0.800. The standard InChI is InChI=1S/C10H17N2O4/c1-8(2)5-10(6(11)13,7(14)15)9(3,4)12(8)16/h5H2,1-4H3,(H2,11,13)(H,14,15). The zero-order valence-corrected chi connectivity index (χ0v) is 9.90. The first-order valence-corrected chi connectivity index (χ1v) is 5.01. The van der Waals surface area contributed by atoms with Crippen molar-refractivity contribution in [2.75, 3.05) is 0 Å². The van der Waals surface area contributed by atoms with Gasteiger partial charge in [-0.3, -0.25) is 9.59 Å². The number of aliphatic carboxylic acids is 1. The van der Waals surface area contributed by atoms with Crippen molar-refractivity contribution in [1.82, 2.24) is 5.06 Å². The van der Waals surface area contributed by atoms with E-state index in [0.717, 1.165) is 0 Å². The second-order valence-corrected chi connectivity index (χ2v) is 5.42. The minimum Gasteiger partial charge on any atom is -0.480 e. The Morgan fingerprint density at radius 3 is 1.81 bits per heavy atom. The minimum absolute atomic E-state index is 0.0822. The average molecular weight is 229 g/mol. The maximum absolute atomic E-state index is 12.0. The molecule has 0 saturated carbocycles. The number of hydrogen-bond donors (Lipinski definition) is 2. The molecule has 1 heterocycles. The maximum atomic E-state index is 12.0. The Morgan fingerprint density at radius 2 is 1.69 bits per heavy atom. The highest BCUT2D eigenvalue weighted by atomic mass is 16.5. The summed E-state index contributed by atoms with van der Waals surface area (Å²) in [7, 11) is 0. The first-order valence-electron chi connectivity index (χ1n) is 5.01. The van der Waals surface area contributed by atoms with Crippen LogP contribution in [0.15, 0.2) is 0 Å². The van der Waals surface area contributed by atoms with Crippen molar-refractivity contribution in [3.05, 3.63) is 0 Å². The molecule has 0 aromatic heterocycles. The number of carboxylic acid groups (broad SMARTS) is 1. The fourth-order valence-corrected chi connectivity index (χ4v) is 2.70. The van der Waals surface area contributed by atoms with Gasteiger partial charge in [-0.15, -0.1) is 10.3 Å². The molecule has 1 fully saturated rings. The van der Waals surface area contributed by atoms with Crippen LogP contribution in [0.25, 0.3) is 0 Å². The first kappa shape index (κ1) is 12.9. The smallest absolute Gasteiger partial charge is 0.321 e. The number of hydrogen-bond acceptors (Lipinski definition) is 3. The number of carbonyl (C=O) groups excluding carboxylic acids is 1. The van der Waals surface area contributed by atoms with Gasteiger partial charge in [0.1, 0.15) is 0 Å². The third kappa shape index (κ3) is 1.26. The molecule has 1 aliphatic rings. The Labute approximate surface area is 94.0 Å². The van der Waals surface area contributed by atoms with Crippen LogP contribution >= 0.6 is 0 Å². The molecule has 0 aliphatic carbocycles. The second kappa shape index (κ2) is 3.18. The molecular formula is C10H17N2O4. The van der Waals surface area contributed by atoms with Crippen LogP contribution in [0.4, 0.5) is 0 Å². The monoisotopic (exact) mass is 229 g/mol. The average Bonchev–Trinajstić information content (AvgIpc) is 2.24. The Balaban J connectivity index is 3.44. The van der Waals surface area contributed by atoms with Crippen molar-refractivity contribution in [3.63, 3.8) is 0 Å². The molecule has 6 heteroatoms. The summed E-state index contributed by atoms with van der Waals surface area (Å²) in [4.78, 5) is 22.8. The maximum Gasteiger partial charge on any atom is 0.321 e. The molecule has 1 saturated heterocycles. The number of carbonyl (C=O) groups is 2. The molecule has 16 heavy (non-hydrogen) atoms. The molecule has 6 nitrogen and oxygen atoms in total. The SMILES string of the molecule is CC1(C)CC(C(N)=O)(C(=O)O)C(C)(C)N1[O]. The number of nitrogens with zero attached hydrogens (tertiary/aromatic N) is 1. The van der Waals surface area contributed by atoms with Crippen molar-refractivity contribution in [2.45, 2.75) is 45.2 Å². The molecule has 91 valence electrons. The number of nitrogens with two attached hydrogens (primary N) is 1. The second-order valence-electron chi connectivity index (χ2n) is 5.42. The highest BCUT2D eigenvalue weighted by molar-refractivity contribution is 6.03. The zero-order chi connectivity index (χ0) is 12.9. The summed E-state index contributed by atoms with van der Waals surface area (Å²) in [6.45, 7) is 6.09. The van der Waals surface area contributed by atoms with E-state index in [4.69, 9.17) is 5.73 Å². The number of amides is 1. The lowest BCUT2D eigenvalue weighted by molar-refractivity contribution is -0.253. The van der Waals surface area contributed by atoms with Crippen molar-refractivity contribution in [3.8, 4) is 0 Å². The van der Waals surface area contributed by atoms with Gasteiger partial charge in [-0.2, -0.15) is 0 Å². The number of carboxylic acids is 1. The van der Waals surface area contributed by atoms with E-state index >= 15 is 0 Å². The summed E-state index contributed by atoms with van der Waals surface area (Å²) in [6.07, 6.45) is -0.0822. The summed E-state index contributed by atoms with van der Waals surface area (Å²) < 4.78 is 0.